The van der Waals surface area contributed by atoms with E-state index in [1.54, 1.807) is 13.0 Å². The number of amides is 1. The maximum absolute atomic E-state index is 13.8. The summed E-state index contributed by atoms with van der Waals surface area (Å²) >= 11 is 0. The van der Waals surface area contributed by atoms with E-state index in [0.717, 1.165) is 27.8 Å². The fourth-order valence-corrected chi connectivity index (χ4v) is 6.13. The minimum Gasteiger partial charge on any atom is -0.494 e. The minimum atomic E-state index is -4.41. The number of H-pyrrole nitrogens is 1. The van der Waals surface area contributed by atoms with Crippen molar-refractivity contribution in [2.45, 2.75) is 58.1 Å². The van der Waals surface area contributed by atoms with Crippen molar-refractivity contribution in [1.82, 2.24) is 14.6 Å². The SMILES string of the molecule is CCOc1cccc2c1CN(Cc1c(C)cc(C)cc1C)C2(C)C(=O)NS(=O)(=O)c1ccc[nH]c1=O. The molecule has 2 N–H and O–H groups in total. The molecule has 0 fully saturated rings. The number of aryl methyl sites for hydroxylation is 3. The van der Waals surface area contributed by atoms with Crippen molar-refractivity contribution in [3.63, 3.8) is 0 Å². The number of fused-ring (bicyclic) bond motifs is 1. The number of aromatic amines is 1. The van der Waals surface area contributed by atoms with Crippen LogP contribution in [0.4, 0.5) is 0 Å². The lowest BCUT2D eigenvalue weighted by Gasteiger charge is -2.35. The second kappa shape index (κ2) is 9.55. The minimum absolute atomic E-state index is 0.397. The van der Waals surface area contributed by atoms with Crippen LogP contribution < -0.4 is 15.0 Å². The van der Waals surface area contributed by atoms with E-state index >= 15 is 0 Å². The van der Waals surface area contributed by atoms with Crippen LogP contribution in [0.5, 0.6) is 5.75 Å². The van der Waals surface area contributed by atoms with E-state index < -0.39 is 31.9 Å². The molecule has 1 unspecified atom stereocenters. The quantitative estimate of drug-likeness (QED) is 0.505. The molecule has 8 nitrogen and oxygen atoms in total. The number of ether oxygens (including phenoxy) is 1. The highest BCUT2D eigenvalue weighted by atomic mass is 32.2. The molecule has 1 aliphatic rings. The van der Waals surface area contributed by atoms with Crippen molar-refractivity contribution in [1.29, 1.82) is 0 Å². The summed E-state index contributed by atoms with van der Waals surface area (Å²) in [6.45, 7) is 11.0. The number of hydrogen-bond donors (Lipinski definition) is 2. The maximum atomic E-state index is 13.8. The molecule has 190 valence electrons. The number of rotatable bonds is 7. The van der Waals surface area contributed by atoms with Crippen LogP contribution in [0.25, 0.3) is 0 Å². The zero-order chi connectivity index (χ0) is 26.3. The number of nitrogens with zero attached hydrogens (tertiary/aromatic N) is 1. The van der Waals surface area contributed by atoms with Gasteiger partial charge in [0.2, 0.25) is 0 Å². The summed E-state index contributed by atoms with van der Waals surface area (Å²) in [5.41, 5.74) is 3.81. The second-order valence-electron chi connectivity index (χ2n) is 9.32. The third-order valence-corrected chi connectivity index (χ3v) is 8.22. The third kappa shape index (κ3) is 4.44. The standard InChI is InChI=1S/C27H31N3O5S/c1-6-35-23-10-7-9-22-21(23)16-30(15-20-18(3)13-17(2)14-19(20)4)27(22,5)26(32)29-36(33,34)24-11-8-12-28-25(24)31/h7-14H,6,15-16H2,1-5H3,(H,28,31)(H,29,32). The van der Waals surface area contributed by atoms with Crippen LogP contribution in [0.1, 0.15) is 47.2 Å². The average Bonchev–Trinajstić information content (AvgIpc) is 3.10. The van der Waals surface area contributed by atoms with Crippen LogP contribution in [0.2, 0.25) is 0 Å². The molecule has 36 heavy (non-hydrogen) atoms. The fraction of sp³-hybridized carbons (Fsp3) is 0.333. The summed E-state index contributed by atoms with van der Waals surface area (Å²) in [5, 5.41) is 0. The van der Waals surface area contributed by atoms with Gasteiger partial charge < -0.3 is 9.72 Å². The Hall–Kier alpha value is -3.43. The van der Waals surface area contributed by atoms with Crippen LogP contribution in [-0.2, 0) is 33.4 Å². The first kappa shape index (κ1) is 25.7. The summed E-state index contributed by atoms with van der Waals surface area (Å²) in [5.74, 6) is -0.0724. The van der Waals surface area contributed by atoms with Gasteiger partial charge in [-0.3, -0.25) is 14.5 Å². The monoisotopic (exact) mass is 509 g/mol. The Morgan fingerprint density at radius 3 is 2.47 bits per heavy atom. The van der Waals surface area contributed by atoms with E-state index in [1.807, 2.05) is 44.7 Å². The largest absolute Gasteiger partial charge is 0.494 e. The van der Waals surface area contributed by atoms with Gasteiger partial charge in [-0.05, 0) is 75.1 Å². The fourth-order valence-electron chi connectivity index (χ4n) is 5.02. The van der Waals surface area contributed by atoms with E-state index in [0.29, 0.717) is 31.0 Å². The van der Waals surface area contributed by atoms with E-state index in [-0.39, 0.29) is 0 Å². The molecule has 2 heterocycles. The molecule has 1 aliphatic heterocycles. The smallest absolute Gasteiger partial charge is 0.269 e. The molecule has 0 aliphatic carbocycles. The Bertz CT molecular complexity index is 1470. The Kier molecular flexibility index (Phi) is 6.81. The number of nitrogens with one attached hydrogen (secondary N) is 2. The number of pyridine rings is 1. The summed E-state index contributed by atoms with van der Waals surface area (Å²) < 4.78 is 34.1. The van der Waals surface area contributed by atoms with Crippen LogP contribution in [0, 0.1) is 20.8 Å². The molecule has 0 saturated heterocycles. The van der Waals surface area contributed by atoms with Gasteiger partial charge in [0.1, 0.15) is 11.3 Å². The summed E-state index contributed by atoms with van der Waals surface area (Å²) in [7, 11) is -4.41. The number of sulfonamides is 1. The zero-order valence-electron chi connectivity index (χ0n) is 21.1. The van der Waals surface area contributed by atoms with Gasteiger partial charge in [-0.15, -0.1) is 0 Å². The lowest BCUT2D eigenvalue weighted by Crippen LogP contribution is -2.52. The molecule has 1 aromatic heterocycles. The third-order valence-electron chi connectivity index (χ3n) is 6.87. The highest BCUT2D eigenvalue weighted by Gasteiger charge is 2.49. The molecule has 2 aromatic carbocycles. The molecule has 1 amide bonds. The highest BCUT2D eigenvalue weighted by molar-refractivity contribution is 7.90. The van der Waals surface area contributed by atoms with Gasteiger partial charge in [0, 0.05) is 24.8 Å². The molecule has 4 rings (SSSR count). The molecular weight excluding hydrogens is 478 g/mol. The van der Waals surface area contributed by atoms with Crippen LogP contribution in [0.15, 0.2) is 58.4 Å². The Morgan fingerprint density at radius 1 is 1.14 bits per heavy atom. The van der Waals surface area contributed by atoms with Crippen molar-refractivity contribution in [3.8, 4) is 5.75 Å². The first-order chi connectivity index (χ1) is 17.0. The second-order valence-corrected chi connectivity index (χ2v) is 11.0. The van der Waals surface area contributed by atoms with E-state index in [4.69, 9.17) is 4.74 Å². The first-order valence-electron chi connectivity index (χ1n) is 11.8. The number of benzene rings is 2. The van der Waals surface area contributed by atoms with Gasteiger partial charge in [0.15, 0.2) is 4.90 Å². The van der Waals surface area contributed by atoms with Crippen molar-refractivity contribution in [2.24, 2.45) is 0 Å². The van der Waals surface area contributed by atoms with E-state index in [2.05, 4.69) is 21.8 Å². The normalized spacial score (nSPS) is 17.6. The van der Waals surface area contributed by atoms with Crippen molar-refractivity contribution >= 4 is 15.9 Å². The van der Waals surface area contributed by atoms with Crippen molar-refractivity contribution < 1.29 is 17.9 Å². The van der Waals surface area contributed by atoms with Gasteiger partial charge in [-0.25, -0.2) is 13.1 Å². The lowest BCUT2D eigenvalue weighted by atomic mass is 9.89. The summed E-state index contributed by atoms with van der Waals surface area (Å²) in [6, 6.07) is 12.3. The van der Waals surface area contributed by atoms with Crippen molar-refractivity contribution in [2.75, 3.05) is 6.61 Å². The van der Waals surface area contributed by atoms with Gasteiger partial charge in [0.25, 0.3) is 21.5 Å². The number of carbonyl (C=O) groups is 1. The maximum Gasteiger partial charge on any atom is 0.269 e. The van der Waals surface area contributed by atoms with Crippen molar-refractivity contribution in [3.05, 3.63) is 92.4 Å². The topological polar surface area (TPSA) is 109 Å². The zero-order valence-corrected chi connectivity index (χ0v) is 22.0. The van der Waals surface area contributed by atoms with Crippen LogP contribution in [0.3, 0.4) is 0 Å². The van der Waals surface area contributed by atoms with Gasteiger partial charge in [0.05, 0.1) is 6.61 Å². The molecule has 0 spiro atoms. The van der Waals surface area contributed by atoms with E-state index in [9.17, 15) is 18.0 Å². The molecule has 1 atom stereocenters. The lowest BCUT2D eigenvalue weighted by molar-refractivity contribution is -0.131. The molecular formula is C27H31N3O5S. The Balaban J connectivity index is 1.80. The summed E-state index contributed by atoms with van der Waals surface area (Å²) in [4.78, 5) is 29.8. The predicted molar refractivity (Wildman–Crippen MR) is 137 cm³/mol. The van der Waals surface area contributed by atoms with Crippen LogP contribution >= 0.6 is 0 Å². The molecule has 0 radical (unpaired) electrons. The number of hydrogen-bond acceptors (Lipinski definition) is 6. The average molecular weight is 510 g/mol. The number of aromatic nitrogens is 1. The van der Waals surface area contributed by atoms with Gasteiger partial charge in [-0.2, -0.15) is 0 Å². The predicted octanol–water partition coefficient (Wildman–Crippen LogP) is 3.43. The molecule has 0 saturated carbocycles. The summed E-state index contributed by atoms with van der Waals surface area (Å²) in [6.07, 6.45) is 1.33. The molecule has 3 aromatic rings. The van der Waals surface area contributed by atoms with Gasteiger partial charge >= 0.3 is 0 Å². The van der Waals surface area contributed by atoms with Gasteiger partial charge in [-0.1, -0.05) is 29.8 Å². The Labute approximate surface area is 211 Å². The Morgan fingerprint density at radius 2 is 1.83 bits per heavy atom. The highest BCUT2D eigenvalue weighted by Crippen LogP contribution is 2.44. The number of carbonyl (C=O) groups excluding carboxylic acids is 1. The first-order valence-corrected chi connectivity index (χ1v) is 13.3. The van der Waals surface area contributed by atoms with E-state index in [1.165, 1.54) is 18.3 Å². The molecule has 0 bridgehead atoms. The van der Waals surface area contributed by atoms with Crippen LogP contribution in [-0.4, -0.2) is 30.8 Å². The molecule has 9 heteroatoms.